The van der Waals surface area contributed by atoms with Gasteiger partial charge >= 0.3 is 12.1 Å². The van der Waals surface area contributed by atoms with Crippen molar-refractivity contribution >= 4 is 12.1 Å². The van der Waals surface area contributed by atoms with Gasteiger partial charge in [-0.05, 0) is 39.7 Å². The van der Waals surface area contributed by atoms with Crippen LogP contribution in [0.5, 0.6) is 0 Å². The molecule has 6 nitrogen and oxygen atoms in total. The summed E-state index contributed by atoms with van der Waals surface area (Å²) in [6.45, 7) is 8.16. The van der Waals surface area contributed by atoms with Crippen LogP contribution in [0.25, 0.3) is 0 Å². The molecule has 0 spiro atoms. The van der Waals surface area contributed by atoms with Crippen LogP contribution in [0.2, 0.25) is 0 Å². The number of carbonyl (C=O) groups excluding carboxylic acids is 2. The Morgan fingerprint density at radius 3 is 2.48 bits per heavy atom. The molecule has 0 radical (unpaired) electrons. The van der Waals surface area contributed by atoms with E-state index in [9.17, 15) is 9.59 Å². The summed E-state index contributed by atoms with van der Waals surface area (Å²) in [6.07, 6.45) is -0.363. The van der Waals surface area contributed by atoms with Gasteiger partial charge in [0, 0.05) is 6.54 Å². The lowest BCUT2D eigenvalue weighted by Crippen LogP contribution is -2.48. The summed E-state index contributed by atoms with van der Waals surface area (Å²) in [5, 5.41) is 0. The van der Waals surface area contributed by atoms with E-state index >= 15 is 0 Å². The summed E-state index contributed by atoms with van der Waals surface area (Å²) in [4.78, 5) is 26.3. The SMILES string of the molecule is CCOC(=O)[C@H]1[C@@H](OCc2ccccc2)CCN1C(=O)OC(C)(C)C. The van der Waals surface area contributed by atoms with Gasteiger partial charge in [0.15, 0.2) is 6.04 Å². The molecule has 0 aromatic heterocycles. The molecule has 1 aliphatic rings. The van der Waals surface area contributed by atoms with E-state index in [1.807, 2.05) is 30.3 Å². The number of amides is 1. The lowest BCUT2D eigenvalue weighted by molar-refractivity contribution is -0.152. The highest BCUT2D eigenvalue weighted by Crippen LogP contribution is 2.25. The standard InChI is InChI=1S/C19H27NO5/c1-5-23-17(21)16-15(24-13-14-9-7-6-8-10-14)11-12-20(16)18(22)25-19(2,3)4/h6-10,15-16H,5,11-13H2,1-4H3/t15-,16+/m0/s1. The highest BCUT2D eigenvalue weighted by molar-refractivity contribution is 5.83. The predicted molar refractivity (Wildman–Crippen MR) is 93.0 cm³/mol. The van der Waals surface area contributed by atoms with Gasteiger partial charge in [0.25, 0.3) is 0 Å². The zero-order valence-electron chi connectivity index (χ0n) is 15.4. The fourth-order valence-electron chi connectivity index (χ4n) is 2.75. The summed E-state index contributed by atoms with van der Waals surface area (Å²) >= 11 is 0. The Kier molecular flexibility index (Phi) is 6.42. The maximum absolute atomic E-state index is 12.4. The summed E-state index contributed by atoms with van der Waals surface area (Å²) in [6, 6.07) is 8.94. The number of rotatable bonds is 5. The molecular weight excluding hydrogens is 322 g/mol. The monoisotopic (exact) mass is 349 g/mol. The number of ether oxygens (including phenoxy) is 3. The summed E-state index contributed by atoms with van der Waals surface area (Å²) in [5.41, 5.74) is 0.389. The molecule has 1 fully saturated rings. The molecule has 1 saturated heterocycles. The highest BCUT2D eigenvalue weighted by Gasteiger charge is 2.45. The molecule has 1 heterocycles. The van der Waals surface area contributed by atoms with E-state index in [4.69, 9.17) is 14.2 Å². The molecular formula is C19H27NO5. The Morgan fingerprint density at radius 2 is 1.88 bits per heavy atom. The fraction of sp³-hybridized carbons (Fsp3) is 0.579. The zero-order valence-corrected chi connectivity index (χ0v) is 15.4. The molecule has 1 aromatic carbocycles. The van der Waals surface area contributed by atoms with E-state index < -0.39 is 29.8 Å². The van der Waals surface area contributed by atoms with E-state index in [1.165, 1.54) is 4.90 Å². The molecule has 0 bridgehead atoms. The number of likely N-dealkylation sites (tertiary alicyclic amines) is 1. The van der Waals surface area contributed by atoms with Crippen LogP contribution in [0.4, 0.5) is 4.79 Å². The number of benzene rings is 1. The third kappa shape index (κ3) is 5.46. The molecule has 2 atom stereocenters. The van der Waals surface area contributed by atoms with Gasteiger partial charge in [0.05, 0.1) is 19.3 Å². The number of nitrogens with zero attached hydrogens (tertiary/aromatic N) is 1. The van der Waals surface area contributed by atoms with Crippen LogP contribution in [-0.4, -0.2) is 47.9 Å². The van der Waals surface area contributed by atoms with Crippen molar-refractivity contribution in [2.45, 2.75) is 58.5 Å². The van der Waals surface area contributed by atoms with Gasteiger partial charge in [-0.25, -0.2) is 9.59 Å². The third-order valence-electron chi connectivity index (χ3n) is 3.81. The van der Waals surface area contributed by atoms with E-state index in [-0.39, 0.29) is 6.61 Å². The molecule has 0 saturated carbocycles. The quantitative estimate of drug-likeness (QED) is 0.764. The third-order valence-corrected chi connectivity index (χ3v) is 3.81. The molecule has 6 heteroatoms. The minimum absolute atomic E-state index is 0.253. The zero-order chi connectivity index (χ0) is 18.4. The van der Waals surface area contributed by atoms with Crippen molar-refractivity contribution in [2.75, 3.05) is 13.2 Å². The first-order valence-corrected chi connectivity index (χ1v) is 8.63. The van der Waals surface area contributed by atoms with Crippen LogP contribution in [-0.2, 0) is 25.6 Å². The molecule has 1 aromatic rings. The van der Waals surface area contributed by atoms with Crippen molar-refractivity contribution in [3.05, 3.63) is 35.9 Å². The van der Waals surface area contributed by atoms with Crippen molar-refractivity contribution < 1.29 is 23.8 Å². The van der Waals surface area contributed by atoms with Crippen molar-refractivity contribution in [2.24, 2.45) is 0 Å². The Bertz CT molecular complexity index is 581. The van der Waals surface area contributed by atoms with Gasteiger partial charge in [-0.2, -0.15) is 0 Å². The normalized spacial score (nSPS) is 20.4. The summed E-state index contributed by atoms with van der Waals surface area (Å²) < 4.78 is 16.5. The maximum atomic E-state index is 12.4. The molecule has 138 valence electrons. The van der Waals surface area contributed by atoms with Gasteiger partial charge in [0.2, 0.25) is 0 Å². The predicted octanol–water partition coefficient (Wildman–Crippen LogP) is 3.14. The Hall–Kier alpha value is -2.08. The Labute approximate surface area is 149 Å². The smallest absolute Gasteiger partial charge is 0.411 e. The van der Waals surface area contributed by atoms with Gasteiger partial charge in [-0.15, -0.1) is 0 Å². The number of carbonyl (C=O) groups is 2. The van der Waals surface area contributed by atoms with Crippen LogP contribution in [0.1, 0.15) is 39.7 Å². The average Bonchev–Trinajstić information content (AvgIpc) is 2.97. The minimum atomic E-state index is -0.779. The lowest BCUT2D eigenvalue weighted by Gasteiger charge is -2.29. The van der Waals surface area contributed by atoms with E-state index in [2.05, 4.69) is 0 Å². The van der Waals surface area contributed by atoms with Gasteiger partial charge < -0.3 is 14.2 Å². The average molecular weight is 349 g/mol. The van der Waals surface area contributed by atoms with Crippen LogP contribution < -0.4 is 0 Å². The van der Waals surface area contributed by atoms with E-state index in [1.54, 1.807) is 27.7 Å². The Morgan fingerprint density at radius 1 is 1.20 bits per heavy atom. The highest BCUT2D eigenvalue weighted by atomic mass is 16.6. The second-order valence-electron chi connectivity index (χ2n) is 6.99. The van der Waals surface area contributed by atoms with Gasteiger partial charge in [-0.1, -0.05) is 30.3 Å². The van der Waals surface area contributed by atoms with Crippen molar-refractivity contribution in [3.8, 4) is 0 Å². The first kappa shape index (κ1) is 19.2. The van der Waals surface area contributed by atoms with Crippen molar-refractivity contribution in [1.29, 1.82) is 0 Å². The Balaban J connectivity index is 2.08. The van der Waals surface area contributed by atoms with Crippen LogP contribution in [0.15, 0.2) is 30.3 Å². The van der Waals surface area contributed by atoms with Crippen LogP contribution >= 0.6 is 0 Å². The van der Waals surface area contributed by atoms with Crippen LogP contribution in [0.3, 0.4) is 0 Å². The summed E-state index contributed by atoms with van der Waals surface area (Å²) in [7, 11) is 0. The molecule has 0 aliphatic carbocycles. The lowest BCUT2D eigenvalue weighted by atomic mass is 10.1. The van der Waals surface area contributed by atoms with E-state index in [0.717, 1.165) is 5.56 Å². The summed E-state index contributed by atoms with van der Waals surface area (Å²) in [5.74, 6) is -0.455. The first-order valence-electron chi connectivity index (χ1n) is 8.63. The molecule has 2 rings (SSSR count). The second-order valence-corrected chi connectivity index (χ2v) is 6.99. The van der Waals surface area contributed by atoms with E-state index in [0.29, 0.717) is 19.6 Å². The van der Waals surface area contributed by atoms with Gasteiger partial charge in [0.1, 0.15) is 5.60 Å². The topological polar surface area (TPSA) is 65.1 Å². The fourth-order valence-corrected chi connectivity index (χ4v) is 2.75. The molecule has 1 amide bonds. The molecule has 25 heavy (non-hydrogen) atoms. The minimum Gasteiger partial charge on any atom is -0.464 e. The molecule has 0 unspecified atom stereocenters. The van der Waals surface area contributed by atoms with Crippen molar-refractivity contribution in [1.82, 2.24) is 4.90 Å². The molecule has 0 N–H and O–H groups in total. The van der Waals surface area contributed by atoms with Crippen LogP contribution in [0, 0.1) is 0 Å². The van der Waals surface area contributed by atoms with Crippen molar-refractivity contribution in [3.63, 3.8) is 0 Å². The number of hydrogen-bond donors (Lipinski definition) is 0. The largest absolute Gasteiger partial charge is 0.464 e. The number of esters is 1. The second kappa shape index (κ2) is 8.34. The first-order chi connectivity index (χ1) is 11.8. The number of hydrogen-bond acceptors (Lipinski definition) is 5. The molecule has 1 aliphatic heterocycles. The maximum Gasteiger partial charge on any atom is 0.411 e. The van der Waals surface area contributed by atoms with Gasteiger partial charge in [-0.3, -0.25) is 4.90 Å².